The van der Waals surface area contributed by atoms with Crippen LogP contribution in [0.5, 0.6) is 0 Å². The molecular formula is C15H11AsCl2FNO. The molecule has 108 valence electrons. The van der Waals surface area contributed by atoms with Gasteiger partial charge in [-0.15, -0.1) is 0 Å². The zero-order valence-electron chi connectivity index (χ0n) is 11.0. The third kappa shape index (κ3) is 4.00. The summed E-state index contributed by atoms with van der Waals surface area (Å²) in [5, 5.41) is 3.44. The van der Waals surface area contributed by atoms with Gasteiger partial charge in [0.25, 0.3) is 0 Å². The third-order valence-corrected chi connectivity index (χ3v) is 4.32. The van der Waals surface area contributed by atoms with Crippen LogP contribution in [0.15, 0.2) is 36.4 Å². The Balaban J connectivity index is 2.18. The van der Waals surface area contributed by atoms with Crippen molar-refractivity contribution in [3.05, 3.63) is 63.4 Å². The molecule has 0 spiro atoms. The Morgan fingerprint density at radius 2 is 1.86 bits per heavy atom. The van der Waals surface area contributed by atoms with Gasteiger partial charge < -0.3 is 0 Å². The summed E-state index contributed by atoms with van der Waals surface area (Å²) in [6, 6.07) is 9.50. The molecule has 0 aromatic heterocycles. The van der Waals surface area contributed by atoms with E-state index in [1.54, 1.807) is 12.1 Å². The number of rotatable bonds is 3. The quantitative estimate of drug-likeness (QED) is 0.806. The molecule has 0 heterocycles. The summed E-state index contributed by atoms with van der Waals surface area (Å²) in [6.07, 6.45) is 0. The molecule has 1 N–H and O–H groups in total. The van der Waals surface area contributed by atoms with E-state index in [0.717, 1.165) is 11.6 Å². The van der Waals surface area contributed by atoms with Gasteiger partial charge in [-0.2, -0.15) is 0 Å². The van der Waals surface area contributed by atoms with E-state index in [9.17, 15) is 9.18 Å². The van der Waals surface area contributed by atoms with Gasteiger partial charge in [0.2, 0.25) is 0 Å². The Morgan fingerprint density at radius 3 is 2.48 bits per heavy atom. The standard InChI is InChI=1S/C15H11AsCl2FNO/c1-8(9-2-4-10(17)5-3-9)20-15(21)11-6-14(19)13(18)7-12(11)16/h2-8H,1H3,(H,20,21). The van der Waals surface area contributed by atoms with Crippen molar-refractivity contribution < 1.29 is 9.18 Å². The normalized spacial score (nSPS) is 12.0. The third-order valence-electron chi connectivity index (χ3n) is 3.00. The summed E-state index contributed by atoms with van der Waals surface area (Å²) in [7, 11) is 0. The summed E-state index contributed by atoms with van der Waals surface area (Å²) < 4.78 is 14.1. The van der Waals surface area contributed by atoms with E-state index in [4.69, 9.17) is 23.2 Å². The number of halogens is 3. The molecule has 2 aromatic rings. The fourth-order valence-electron chi connectivity index (χ4n) is 1.83. The molecule has 21 heavy (non-hydrogen) atoms. The van der Waals surface area contributed by atoms with E-state index < -0.39 is 5.82 Å². The monoisotopic (exact) mass is 385 g/mol. The number of nitrogens with one attached hydrogen (secondary N) is 1. The van der Waals surface area contributed by atoms with E-state index >= 15 is 0 Å². The molecule has 1 atom stereocenters. The zero-order valence-corrected chi connectivity index (χ0v) is 14.4. The maximum absolute atomic E-state index is 13.5. The Kier molecular flexibility index (Phi) is 5.31. The van der Waals surface area contributed by atoms with Crippen LogP contribution in [0.4, 0.5) is 4.39 Å². The second kappa shape index (κ2) is 6.83. The van der Waals surface area contributed by atoms with Gasteiger partial charge in [-0.05, 0) is 0 Å². The number of benzene rings is 2. The number of carbonyl (C=O) groups excluding carboxylic acids is 1. The predicted octanol–water partition coefficient (Wildman–Crippen LogP) is 3.42. The molecule has 0 aliphatic heterocycles. The van der Waals surface area contributed by atoms with Crippen LogP contribution in [-0.2, 0) is 0 Å². The van der Waals surface area contributed by atoms with Crippen molar-refractivity contribution in [1.82, 2.24) is 5.32 Å². The molecule has 6 heteroatoms. The minimum absolute atomic E-state index is 0.00655. The number of amides is 1. The van der Waals surface area contributed by atoms with Crippen LogP contribution < -0.4 is 9.67 Å². The molecule has 0 bridgehead atoms. The van der Waals surface area contributed by atoms with Crippen molar-refractivity contribution in [2.45, 2.75) is 13.0 Å². The van der Waals surface area contributed by atoms with Crippen LogP contribution in [0.2, 0.25) is 10.0 Å². The van der Waals surface area contributed by atoms with Gasteiger partial charge in [-0.1, -0.05) is 0 Å². The van der Waals surface area contributed by atoms with E-state index in [2.05, 4.69) is 22.2 Å². The van der Waals surface area contributed by atoms with Crippen LogP contribution >= 0.6 is 23.2 Å². The SMILES string of the molecule is CC(NC(=O)c1cc(F)c(Cl)cc1[As])c1ccc(Cl)cc1. The summed E-state index contributed by atoms with van der Waals surface area (Å²) >= 11 is 13.7. The van der Waals surface area contributed by atoms with E-state index in [-0.39, 0.29) is 22.5 Å². The minimum atomic E-state index is -0.615. The second-order valence-electron chi connectivity index (χ2n) is 4.53. The van der Waals surface area contributed by atoms with Crippen LogP contribution in [0.3, 0.4) is 0 Å². The summed E-state index contributed by atoms with van der Waals surface area (Å²) in [4.78, 5) is 12.2. The number of hydrogen-bond acceptors (Lipinski definition) is 1. The van der Waals surface area contributed by atoms with Crippen LogP contribution in [0.1, 0.15) is 28.9 Å². The van der Waals surface area contributed by atoms with Crippen LogP contribution in [-0.4, -0.2) is 22.8 Å². The van der Waals surface area contributed by atoms with E-state index in [0.29, 0.717) is 9.37 Å². The van der Waals surface area contributed by atoms with Crippen molar-refractivity contribution in [2.75, 3.05) is 0 Å². The number of hydrogen-bond donors (Lipinski definition) is 1. The second-order valence-corrected chi connectivity index (χ2v) is 6.38. The summed E-state index contributed by atoms with van der Waals surface area (Å²) in [5.74, 6) is -0.973. The zero-order chi connectivity index (χ0) is 15.6. The van der Waals surface area contributed by atoms with Gasteiger partial charge in [0.1, 0.15) is 0 Å². The molecule has 2 aromatic carbocycles. The maximum atomic E-state index is 13.5. The Hall–Kier alpha value is -1.02. The Morgan fingerprint density at radius 1 is 1.24 bits per heavy atom. The average molecular weight is 386 g/mol. The average Bonchev–Trinajstić information content (AvgIpc) is 2.43. The predicted molar refractivity (Wildman–Crippen MR) is 84.1 cm³/mol. The molecule has 0 saturated carbocycles. The van der Waals surface area contributed by atoms with Gasteiger partial charge in [0.05, 0.1) is 0 Å². The first-order valence-corrected chi connectivity index (χ1v) is 7.82. The van der Waals surface area contributed by atoms with Gasteiger partial charge in [0, 0.05) is 0 Å². The first-order valence-electron chi connectivity index (χ1n) is 6.13. The molecular weight excluding hydrogens is 375 g/mol. The van der Waals surface area contributed by atoms with Crippen molar-refractivity contribution >= 4 is 50.3 Å². The Bertz CT molecular complexity index is 676. The van der Waals surface area contributed by atoms with E-state index in [1.807, 2.05) is 19.1 Å². The first kappa shape index (κ1) is 16.4. The van der Waals surface area contributed by atoms with Crippen molar-refractivity contribution in [3.63, 3.8) is 0 Å². The molecule has 0 saturated heterocycles. The fourth-order valence-corrected chi connectivity index (χ4v) is 2.90. The Labute approximate surface area is 141 Å². The molecule has 2 radical (unpaired) electrons. The molecule has 2 rings (SSSR count). The van der Waals surface area contributed by atoms with Gasteiger partial charge >= 0.3 is 141 Å². The summed E-state index contributed by atoms with van der Waals surface area (Å²) in [5.41, 5.74) is 1.16. The molecule has 2 nitrogen and oxygen atoms in total. The topological polar surface area (TPSA) is 29.1 Å². The first-order chi connectivity index (χ1) is 9.88. The number of carbonyl (C=O) groups is 1. The van der Waals surface area contributed by atoms with Gasteiger partial charge in [-0.25, -0.2) is 0 Å². The molecule has 0 fully saturated rings. The van der Waals surface area contributed by atoms with E-state index in [1.165, 1.54) is 6.07 Å². The summed E-state index contributed by atoms with van der Waals surface area (Å²) in [6.45, 7) is 1.84. The van der Waals surface area contributed by atoms with Crippen LogP contribution in [0.25, 0.3) is 0 Å². The molecule has 1 unspecified atom stereocenters. The van der Waals surface area contributed by atoms with Crippen molar-refractivity contribution in [1.29, 1.82) is 0 Å². The van der Waals surface area contributed by atoms with Gasteiger partial charge in [-0.3, -0.25) is 0 Å². The molecule has 0 aliphatic carbocycles. The fraction of sp³-hybridized carbons (Fsp3) is 0.133. The molecule has 1 amide bonds. The van der Waals surface area contributed by atoms with Crippen molar-refractivity contribution in [2.24, 2.45) is 0 Å². The van der Waals surface area contributed by atoms with Gasteiger partial charge in [0.15, 0.2) is 0 Å². The molecule has 0 aliphatic rings. The van der Waals surface area contributed by atoms with Crippen molar-refractivity contribution in [3.8, 4) is 0 Å². The van der Waals surface area contributed by atoms with Crippen LogP contribution in [0, 0.1) is 5.82 Å².